The van der Waals surface area contributed by atoms with Crippen molar-refractivity contribution in [3.63, 3.8) is 0 Å². The molecule has 144 valence electrons. The molecule has 8 heteroatoms. The van der Waals surface area contributed by atoms with Crippen LogP contribution in [0.1, 0.15) is 34.8 Å². The fourth-order valence-electron chi connectivity index (χ4n) is 3.06. The zero-order chi connectivity index (χ0) is 19.5. The van der Waals surface area contributed by atoms with E-state index in [1.54, 1.807) is 41.1 Å². The molecule has 0 saturated carbocycles. The molecule has 4 rings (SSSR count). The van der Waals surface area contributed by atoms with E-state index in [1.807, 2.05) is 6.92 Å². The maximum Gasteiger partial charge on any atom is 0.278 e. The van der Waals surface area contributed by atoms with Crippen LogP contribution < -0.4 is 10.1 Å². The molecule has 0 fully saturated rings. The average molecular weight is 382 g/mol. The molecule has 1 aliphatic heterocycles. The Kier molecular flexibility index (Phi) is 5.03. The first-order valence-corrected chi connectivity index (χ1v) is 8.97. The van der Waals surface area contributed by atoms with Crippen molar-refractivity contribution in [1.29, 1.82) is 0 Å². The summed E-state index contributed by atoms with van der Waals surface area (Å²) in [5, 5.41) is 10.9. The maximum atomic E-state index is 13.1. The van der Waals surface area contributed by atoms with Gasteiger partial charge in [-0.2, -0.15) is 0 Å². The largest absolute Gasteiger partial charge is 0.494 e. The van der Waals surface area contributed by atoms with Crippen molar-refractivity contribution in [2.24, 2.45) is 0 Å². The average Bonchev–Trinajstić information content (AvgIpc) is 3.13. The number of nitrogens with one attached hydrogen (secondary N) is 1. The normalized spacial score (nSPS) is 15.7. The van der Waals surface area contributed by atoms with E-state index in [4.69, 9.17) is 9.47 Å². The van der Waals surface area contributed by atoms with E-state index in [0.29, 0.717) is 24.5 Å². The van der Waals surface area contributed by atoms with Crippen molar-refractivity contribution in [2.45, 2.75) is 26.2 Å². The van der Waals surface area contributed by atoms with E-state index in [1.165, 1.54) is 12.1 Å². The van der Waals surface area contributed by atoms with Gasteiger partial charge in [0.25, 0.3) is 5.91 Å². The third kappa shape index (κ3) is 3.72. The molecule has 3 aromatic rings. The minimum Gasteiger partial charge on any atom is -0.494 e. The van der Waals surface area contributed by atoms with Gasteiger partial charge in [0.1, 0.15) is 17.7 Å². The minimum absolute atomic E-state index is 0.196. The van der Waals surface area contributed by atoms with E-state index < -0.39 is 0 Å². The van der Waals surface area contributed by atoms with Gasteiger partial charge in [-0.3, -0.25) is 4.79 Å². The molecule has 7 nitrogen and oxygen atoms in total. The summed E-state index contributed by atoms with van der Waals surface area (Å²) in [7, 11) is 0. The molecule has 1 aliphatic rings. The zero-order valence-electron chi connectivity index (χ0n) is 15.3. The third-order valence-corrected chi connectivity index (χ3v) is 4.48. The standard InChI is InChI=1S/C20H19FN4O3/c1-2-27-16-9-7-15(8-10-16)22-20(26)19-17-12-28-18(11-25(17)24-23-19)13-3-5-14(21)6-4-13/h3-10,18H,2,11-12H2,1H3,(H,22,26)/t18-/m1/s1. The summed E-state index contributed by atoms with van der Waals surface area (Å²) >= 11 is 0. The lowest BCUT2D eigenvalue weighted by atomic mass is 10.1. The molecule has 1 amide bonds. The van der Waals surface area contributed by atoms with Crippen molar-refractivity contribution < 1.29 is 18.7 Å². The SMILES string of the molecule is CCOc1ccc(NC(=O)c2nnn3c2CO[C@@H](c2ccc(F)cc2)C3)cc1. The Hall–Kier alpha value is -3.26. The number of carbonyl (C=O) groups is 1. The molecule has 0 radical (unpaired) electrons. The van der Waals surface area contributed by atoms with Crippen LogP contribution in [0.2, 0.25) is 0 Å². The van der Waals surface area contributed by atoms with Crippen LogP contribution in [-0.2, 0) is 17.9 Å². The van der Waals surface area contributed by atoms with Gasteiger partial charge in [-0.1, -0.05) is 17.3 Å². The van der Waals surface area contributed by atoms with Crippen LogP contribution in [0.25, 0.3) is 0 Å². The first-order chi connectivity index (χ1) is 13.6. The molecule has 28 heavy (non-hydrogen) atoms. The van der Waals surface area contributed by atoms with Gasteiger partial charge < -0.3 is 14.8 Å². The van der Waals surface area contributed by atoms with Gasteiger partial charge in [0.2, 0.25) is 0 Å². The number of benzene rings is 2. The number of hydrogen-bond donors (Lipinski definition) is 1. The molecular formula is C20H19FN4O3. The van der Waals surface area contributed by atoms with Crippen LogP contribution in [0.4, 0.5) is 10.1 Å². The van der Waals surface area contributed by atoms with Crippen LogP contribution >= 0.6 is 0 Å². The Labute approximate surface area is 161 Å². The minimum atomic E-state index is -0.353. The summed E-state index contributed by atoms with van der Waals surface area (Å²) in [5.41, 5.74) is 2.33. The molecule has 1 atom stereocenters. The summed E-state index contributed by atoms with van der Waals surface area (Å²) in [4.78, 5) is 12.6. The molecule has 1 N–H and O–H groups in total. The summed E-state index contributed by atoms with van der Waals surface area (Å²) in [6.45, 7) is 3.09. The van der Waals surface area contributed by atoms with Gasteiger partial charge in [0.05, 0.1) is 25.5 Å². The van der Waals surface area contributed by atoms with E-state index >= 15 is 0 Å². The molecule has 1 aromatic heterocycles. The number of anilines is 1. The van der Waals surface area contributed by atoms with Gasteiger partial charge in [-0.25, -0.2) is 9.07 Å². The predicted molar refractivity (Wildman–Crippen MR) is 99.5 cm³/mol. The Morgan fingerprint density at radius 2 is 2.00 bits per heavy atom. The summed E-state index contributed by atoms with van der Waals surface area (Å²) in [6, 6.07) is 13.3. The lowest BCUT2D eigenvalue weighted by Gasteiger charge is -2.24. The second-order valence-corrected chi connectivity index (χ2v) is 6.33. The smallest absolute Gasteiger partial charge is 0.278 e. The van der Waals surface area contributed by atoms with Crippen LogP contribution in [0.3, 0.4) is 0 Å². The Balaban J connectivity index is 1.46. The fraction of sp³-hybridized carbons (Fsp3) is 0.250. The first-order valence-electron chi connectivity index (χ1n) is 8.97. The molecular weight excluding hydrogens is 363 g/mol. The number of rotatable bonds is 5. The van der Waals surface area contributed by atoms with Crippen LogP contribution in [-0.4, -0.2) is 27.5 Å². The van der Waals surface area contributed by atoms with Gasteiger partial charge in [-0.15, -0.1) is 5.10 Å². The molecule has 0 saturated heterocycles. The number of amides is 1. The van der Waals surface area contributed by atoms with Crippen LogP contribution in [0.5, 0.6) is 5.75 Å². The quantitative estimate of drug-likeness (QED) is 0.732. The number of halogens is 1. The van der Waals surface area contributed by atoms with Gasteiger partial charge in [0, 0.05) is 5.69 Å². The summed E-state index contributed by atoms with van der Waals surface area (Å²) in [6.07, 6.45) is -0.267. The second kappa shape index (κ2) is 7.77. The zero-order valence-corrected chi connectivity index (χ0v) is 15.3. The number of hydrogen-bond acceptors (Lipinski definition) is 5. The number of carbonyl (C=O) groups excluding carboxylic acids is 1. The van der Waals surface area contributed by atoms with E-state index in [9.17, 15) is 9.18 Å². The highest BCUT2D eigenvalue weighted by Gasteiger charge is 2.27. The first kappa shape index (κ1) is 18.1. The van der Waals surface area contributed by atoms with Crippen molar-refractivity contribution >= 4 is 11.6 Å². The topological polar surface area (TPSA) is 78.3 Å². The van der Waals surface area contributed by atoms with Crippen molar-refractivity contribution in [1.82, 2.24) is 15.0 Å². The number of nitrogens with zero attached hydrogens (tertiary/aromatic N) is 3. The summed E-state index contributed by atoms with van der Waals surface area (Å²) in [5.74, 6) is 0.0882. The molecule has 2 aromatic carbocycles. The Bertz CT molecular complexity index is 970. The number of ether oxygens (including phenoxy) is 2. The monoisotopic (exact) mass is 382 g/mol. The van der Waals surface area contributed by atoms with Crippen LogP contribution in [0, 0.1) is 5.82 Å². The van der Waals surface area contributed by atoms with Gasteiger partial charge in [0.15, 0.2) is 5.69 Å². The molecule has 0 spiro atoms. The molecule has 0 bridgehead atoms. The highest BCUT2D eigenvalue weighted by molar-refractivity contribution is 6.03. The Morgan fingerprint density at radius 1 is 1.25 bits per heavy atom. The summed E-state index contributed by atoms with van der Waals surface area (Å²) < 4.78 is 26.0. The predicted octanol–water partition coefficient (Wildman–Crippen LogP) is 3.34. The highest BCUT2D eigenvalue weighted by atomic mass is 19.1. The van der Waals surface area contributed by atoms with E-state index in [-0.39, 0.29) is 30.1 Å². The van der Waals surface area contributed by atoms with Gasteiger partial charge in [-0.05, 0) is 48.9 Å². The third-order valence-electron chi connectivity index (χ3n) is 4.48. The fourth-order valence-corrected chi connectivity index (χ4v) is 3.06. The number of fused-ring (bicyclic) bond motifs is 1. The van der Waals surface area contributed by atoms with E-state index in [2.05, 4.69) is 15.6 Å². The van der Waals surface area contributed by atoms with Crippen molar-refractivity contribution in [3.05, 3.63) is 71.3 Å². The van der Waals surface area contributed by atoms with Gasteiger partial charge >= 0.3 is 0 Å². The maximum absolute atomic E-state index is 13.1. The van der Waals surface area contributed by atoms with E-state index in [0.717, 1.165) is 11.3 Å². The molecule has 2 heterocycles. The molecule has 0 unspecified atom stereocenters. The van der Waals surface area contributed by atoms with Crippen LogP contribution in [0.15, 0.2) is 48.5 Å². The second-order valence-electron chi connectivity index (χ2n) is 6.33. The van der Waals surface area contributed by atoms with Crippen molar-refractivity contribution in [3.8, 4) is 5.75 Å². The Morgan fingerprint density at radius 3 is 2.71 bits per heavy atom. The lowest BCUT2D eigenvalue weighted by Crippen LogP contribution is -2.24. The van der Waals surface area contributed by atoms with Crippen molar-refractivity contribution in [2.75, 3.05) is 11.9 Å². The lowest BCUT2D eigenvalue weighted by molar-refractivity contribution is -0.00174. The highest BCUT2D eigenvalue weighted by Crippen LogP contribution is 2.27. The number of aromatic nitrogens is 3. The molecule has 0 aliphatic carbocycles.